The van der Waals surface area contributed by atoms with E-state index < -0.39 is 0 Å². The molecule has 0 aliphatic carbocycles. The SMILES string of the molecule is CCNC(C)c1cc(F)c(C)cc1N1CCOCC1CO. The predicted octanol–water partition coefficient (Wildman–Crippen LogP) is 2.00. The fourth-order valence-corrected chi connectivity index (χ4v) is 2.82. The Kier molecular flexibility index (Phi) is 5.56. The third kappa shape index (κ3) is 3.54. The van der Waals surface area contributed by atoms with Gasteiger partial charge < -0.3 is 20.1 Å². The molecule has 21 heavy (non-hydrogen) atoms. The summed E-state index contributed by atoms with van der Waals surface area (Å²) in [5, 5.41) is 12.9. The van der Waals surface area contributed by atoms with Crippen molar-refractivity contribution in [3.8, 4) is 0 Å². The van der Waals surface area contributed by atoms with Gasteiger partial charge in [-0.3, -0.25) is 0 Å². The number of rotatable bonds is 5. The van der Waals surface area contributed by atoms with Crippen LogP contribution in [-0.2, 0) is 4.74 Å². The van der Waals surface area contributed by atoms with Crippen LogP contribution in [0.4, 0.5) is 10.1 Å². The molecule has 1 aliphatic heterocycles. The summed E-state index contributed by atoms with van der Waals surface area (Å²) in [6, 6.07) is 3.48. The molecule has 1 heterocycles. The Balaban J connectivity index is 2.42. The number of hydrogen-bond donors (Lipinski definition) is 2. The predicted molar refractivity (Wildman–Crippen MR) is 82.3 cm³/mol. The molecule has 2 atom stereocenters. The maximum atomic E-state index is 14.0. The van der Waals surface area contributed by atoms with Gasteiger partial charge in [-0.05, 0) is 43.7 Å². The highest BCUT2D eigenvalue weighted by molar-refractivity contribution is 5.58. The maximum Gasteiger partial charge on any atom is 0.126 e. The summed E-state index contributed by atoms with van der Waals surface area (Å²) in [5.41, 5.74) is 2.55. The number of hydrogen-bond acceptors (Lipinski definition) is 4. The van der Waals surface area contributed by atoms with E-state index in [2.05, 4.69) is 10.2 Å². The standard InChI is InChI=1S/C16H25FN2O2/c1-4-18-12(3)14-8-15(17)11(2)7-16(14)19-5-6-21-10-13(19)9-20/h7-8,12-13,18,20H,4-6,9-10H2,1-3H3. The number of nitrogens with one attached hydrogen (secondary N) is 1. The molecule has 2 N–H and O–H groups in total. The summed E-state index contributed by atoms with van der Waals surface area (Å²) >= 11 is 0. The topological polar surface area (TPSA) is 44.7 Å². The van der Waals surface area contributed by atoms with Gasteiger partial charge in [-0.2, -0.15) is 0 Å². The van der Waals surface area contributed by atoms with E-state index in [9.17, 15) is 9.50 Å². The summed E-state index contributed by atoms with van der Waals surface area (Å²) in [6.45, 7) is 8.53. The van der Waals surface area contributed by atoms with Crippen molar-refractivity contribution in [1.29, 1.82) is 0 Å². The largest absolute Gasteiger partial charge is 0.394 e. The van der Waals surface area contributed by atoms with E-state index in [1.165, 1.54) is 0 Å². The van der Waals surface area contributed by atoms with Crippen molar-refractivity contribution in [2.45, 2.75) is 32.9 Å². The van der Waals surface area contributed by atoms with Gasteiger partial charge in [-0.25, -0.2) is 4.39 Å². The fourth-order valence-electron chi connectivity index (χ4n) is 2.82. The van der Waals surface area contributed by atoms with Gasteiger partial charge in [0.25, 0.3) is 0 Å². The Morgan fingerprint density at radius 3 is 2.95 bits per heavy atom. The van der Waals surface area contributed by atoms with Crippen molar-refractivity contribution in [1.82, 2.24) is 5.32 Å². The molecule has 0 amide bonds. The molecule has 1 fully saturated rings. The zero-order valence-electron chi connectivity index (χ0n) is 13.0. The lowest BCUT2D eigenvalue weighted by Gasteiger charge is -2.38. The summed E-state index contributed by atoms with van der Waals surface area (Å²) in [5.74, 6) is -0.188. The zero-order chi connectivity index (χ0) is 15.4. The van der Waals surface area contributed by atoms with Crippen LogP contribution in [0.3, 0.4) is 0 Å². The molecule has 0 saturated carbocycles. The molecule has 0 radical (unpaired) electrons. The fraction of sp³-hybridized carbons (Fsp3) is 0.625. The summed E-state index contributed by atoms with van der Waals surface area (Å²) in [6.07, 6.45) is 0. The molecule has 118 valence electrons. The number of aliphatic hydroxyl groups excluding tert-OH is 1. The van der Waals surface area contributed by atoms with Crippen molar-refractivity contribution in [3.05, 3.63) is 29.1 Å². The van der Waals surface area contributed by atoms with E-state index in [-0.39, 0.29) is 24.5 Å². The molecule has 0 aromatic heterocycles. The number of anilines is 1. The molecular formula is C16H25FN2O2. The number of morpholine rings is 1. The molecule has 5 heteroatoms. The van der Waals surface area contributed by atoms with Crippen molar-refractivity contribution in [3.63, 3.8) is 0 Å². The lowest BCUT2D eigenvalue weighted by Crippen LogP contribution is -2.48. The summed E-state index contributed by atoms with van der Waals surface area (Å²) < 4.78 is 19.4. The van der Waals surface area contributed by atoms with Crippen LogP contribution >= 0.6 is 0 Å². The van der Waals surface area contributed by atoms with E-state index in [4.69, 9.17) is 4.74 Å². The second kappa shape index (κ2) is 7.20. The highest BCUT2D eigenvalue weighted by atomic mass is 19.1. The maximum absolute atomic E-state index is 14.0. The van der Waals surface area contributed by atoms with Gasteiger partial charge in [0.05, 0.1) is 25.9 Å². The van der Waals surface area contributed by atoms with Crippen LogP contribution in [0.25, 0.3) is 0 Å². The van der Waals surface area contributed by atoms with Crippen LogP contribution in [0.1, 0.15) is 31.0 Å². The molecule has 0 spiro atoms. The van der Waals surface area contributed by atoms with Crippen LogP contribution in [0.2, 0.25) is 0 Å². The third-order valence-electron chi connectivity index (χ3n) is 4.03. The van der Waals surface area contributed by atoms with Gasteiger partial charge >= 0.3 is 0 Å². The van der Waals surface area contributed by atoms with E-state index in [1.807, 2.05) is 19.9 Å². The molecule has 1 saturated heterocycles. The minimum Gasteiger partial charge on any atom is -0.394 e. The monoisotopic (exact) mass is 296 g/mol. The highest BCUT2D eigenvalue weighted by Gasteiger charge is 2.26. The van der Waals surface area contributed by atoms with Crippen molar-refractivity contribution in [2.75, 3.05) is 37.8 Å². The van der Waals surface area contributed by atoms with Crippen LogP contribution in [-0.4, -0.2) is 44.1 Å². The number of ether oxygens (including phenoxy) is 1. The number of benzene rings is 1. The average molecular weight is 296 g/mol. The minimum atomic E-state index is -0.188. The summed E-state index contributed by atoms with van der Waals surface area (Å²) in [7, 11) is 0. The second-order valence-corrected chi connectivity index (χ2v) is 5.54. The van der Waals surface area contributed by atoms with E-state index >= 15 is 0 Å². The Bertz CT molecular complexity index is 482. The lowest BCUT2D eigenvalue weighted by atomic mass is 10.0. The van der Waals surface area contributed by atoms with Gasteiger partial charge in [0, 0.05) is 18.3 Å². The van der Waals surface area contributed by atoms with Crippen LogP contribution in [0.5, 0.6) is 0 Å². The van der Waals surface area contributed by atoms with Crippen LogP contribution in [0, 0.1) is 12.7 Å². The highest BCUT2D eigenvalue weighted by Crippen LogP contribution is 2.31. The zero-order valence-corrected chi connectivity index (χ0v) is 13.0. The molecule has 4 nitrogen and oxygen atoms in total. The molecular weight excluding hydrogens is 271 g/mol. The molecule has 1 aromatic carbocycles. The third-order valence-corrected chi connectivity index (χ3v) is 4.03. The Morgan fingerprint density at radius 2 is 2.29 bits per heavy atom. The van der Waals surface area contributed by atoms with E-state index in [0.29, 0.717) is 25.3 Å². The average Bonchev–Trinajstić information content (AvgIpc) is 2.49. The van der Waals surface area contributed by atoms with Gasteiger partial charge in [-0.15, -0.1) is 0 Å². The lowest BCUT2D eigenvalue weighted by molar-refractivity contribution is 0.0725. The molecule has 1 aromatic rings. The number of nitrogens with zero attached hydrogens (tertiary/aromatic N) is 1. The van der Waals surface area contributed by atoms with Crippen LogP contribution in [0.15, 0.2) is 12.1 Å². The molecule has 0 bridgehead atoms. The first-order valence-electron chi connectivity index (χ1n) is 7.57. The van der Waals surface area contributed by atoms with Crippen molar-refractivity contribution < 1.29 is 14.2 Å². The second-order valence-electron chi connectivity index (χ2n) is 5.54. The Morgan fingerprint density at radius 1 is 1.52 bits per heavy atom. The van der Waals surface area contributed by atoms with Crippen LogP contribution < -0.4 is 10.2 Å². The first kappa shape index (κ1) is 16.2. The van der Waals surface area contributed by atoms with Gasteiger partial charge in [0.1, 0.15) is 5.82 Å². The minimum absolute atomic E-state index is 0.0332. The number of halogens is 1. The van der Waals surface area contributed by atoms with Crippen molar-refractivity contribution in [2.24, 2.45) is 0 Å². The Labute approximate surface area is 125 Å². The van der Waals surface area contributed by atoms with Gasteiger partial charge in [-0.1, -0.05) is 6.92 Å². The Hall–Kier alpha value is -1.17. The van der Waals surface area contributed by atoms with Crippen molar-refractivity contribution >= 4 is 5.69 Å². The van der Waals surface area contributed by atoms with Gasteiger partial charge in [0.15, 0.2) is 0 Å². The van der Waals surface area contributed by atoms with E-state index in [1.54, 1.807) is 13.0 Å². The first-order valence-corrected chi connectivity index (χ1v) is 7.57. The first-order chi connectivity index (χ1) is 10.1. The molecule has 1 aliphatic rings. The quantitative estimate of drug-likeness (QED) is 0.872. The number of aryl methyl sites for hydroxylation is 1. The van der Waals surface area contributed by atoms with Gasteiger partial charge in [0.2, 0.25) is 0 Å². The smallest absolute Gasteiger partial charge is 0.126 e. The van der Waals surface area contributed by atoms with E-state index in [0.717, 1.165) is 17.8 Å². The normalized spacial score (nSPS) is 20.6. The molecule has 2 unspecified atom stereocenters. The summed E-state index contributed by atoms with van der Waals surface area (Å²) in [4.78, 5) is 2.14. The number of aliphatic hydroxyl groups is 1. The molecule has 2 rings (SSSR count).